The zero-order chi connectivity index (χ0) is 14.4. The number of hydrogen-bond donors (Lipinski definition) is 1. The Morgan fingerprint density at radius 1 is 1.15 bits per heavy atom. The van der Waals surface area contributed by atoms with E-state index in [-0.39, 0.29) is 0 Å². The molecule has 1 N–H and O–H groups in total. The van der Waals surface area contributed by atoms with Gasteiger partial charge in [-0.15, -0.1) is 0 Å². The highest BCUT2D eigenvalue weighted by atomic mass is 16.5. The van der Waals surface area contributed by atoms with Gasteiger partial charge in [0.05, 0.1) is 6.20 Å². The highest BCUT2D eigenvalue weighted by molar-refractivity contribution is 5.39. The SMILES string of the molecule is CCCNCc1cc(C)ccc1Oc1ccc(C)nc1. The van der Waals surface area contributed by atoms with Crippen LogP contribution in [0.5, 0.6) is 11.5 Å². The van der Waals surface area contributed by atoms with E-state index in [0.29, 0.717) is 0 Å². The van der Waals surface area contributed by atoms with E-state index in [1.165, 1.54) is 11.1 Å². The van der Waals surface area contributed by atoms with Crippen molar-refractivity contribution in [1.82, 2.24) is 10.3 Å². The van der Waals surface area contributed by atoms with Gasteiger partial charge in [0.25, 0.3) is 0 Å². The molecule has 1 heterocycles. The average molecular weight is 270 g/mol. The summed E-state index contributed by atoms with van der Waals surface area (Å²) in [6.45, 7) is 8.07. The number of rotatable bonds is 6. The second-order valence-corrected chi connectivity index (χ2v) is 5.03. The summed E-state index contributed by atoms with van der Waals surface area (Å²) >= 11 is 0. The van der Waals surface area contributed by atoms with Crippen LogP contribution in [-0.2, 0) is 6.54 Å². The number of pyridine rings is 1. The van der Waals surface area contributed by atoms with Crippen molar-refractivity contribution >= 4 is 0 Å². The molecule has 0 aliphatic rings. The molecule has 0 atom stereocenters. The Balaban J connectivity index is 2.15. The summed E-state index contributed by atoms with van der Waals surface area (Å²) in [6.07, 6.45) is 2.89. The van der Waals surface area contributed by atoms with Crippen molar-refractivity contribution in [2.45, 2.75) is 33.7 Å². The lowest BCUT2D eigenvalue weighted by atomic mass is 10.1. The van der Waals surface area contributed by atoms with Crippen LogP contribution in [0.15, 0.2) is 36.5 Å². The molecule has 0 unspecified atom stereocenters. The first kappa shape index (κ1) is 14.5. The summed E-state index contributed by atoms with van der Waals surface area (Å²) in [5, 5.41) is 3.42. The standard InChI is InChI=1S/C17H22N2O/c1-4-9-18-11-15-10-13(2)5-8-17(15)20-16-7-6-14(3)19-12-16/h5-8,10,12,18H,4,9,11H2,1-3H3. The Kier molecular flexibility index (Phi) is 5.13. The molecule has 1 aromatic carbocycles. The lowest BCUT2D eigenvalue weighted by Crippen LogP contribution is -2.14. The second kappa shape index (κ2) is 7.06. The number of hydrogen-bond acceptors (Lipinski definition) is 3. The van der Waals surface area contributed by atoms with E-state index in [0.717, 1.165) is 36.7 Å². The molecule has 0 fully saturated rings. The summed E-state index contributed by atoms with van der Waals surface area (Å²) in [7, 11) is 0. The van der Waals surface area contributed by atoms with Crippen molar-refractivity contribution in [2.24, 2.45) is 0 Å². The fourth-order valence-electron chi connectivity index (χ4n) is 1.99. The van der Waals surface area contributed by atoms with E-state index >= 15 is 0 Å². The van der Waals surface area contributed by atoms with E-state index in [2.05, 4.69) is 36.3 Å². The third kappa shape index (κ3) is 4.07. The normalized spacial score (nSPS) is 10.6. The molecule has 0 bridgehead atoms. The molecule has 0 amide bonds. The molecule has 0 spiro atoms. The van der Waals surface area contributed by atoms with Gasteiger partial charge in [0, 0.05) is 17.8 Å². The number of aryl methyl sites for hydroxylation is 2. The van der Waals surface area contributed by atoms with Gasteiger partial charge in [-0.05, 0) is 45.0 Å². The minimum atomic E-state index is 0.774. The fourth-order valence-corrected chi connectivity index (χ4v) is 1.99. The maximum atomic E-state index is 5.95. The van der Waals surface area contributed by atoms with Crippen LogP contribution in [0.2, 0.25) is 0 Å². The highest BCUT2D eigenvalue weighted by Crippen LogP contribution is 2.26. The van der Waals surface area contributed by atoms with Gasteiger partial charge >= 0.3 is 0 Å². The Labute approximate surface area is 121 Å². The van der Waals surface area contributed by atoms with Crippen molar-refractivity contribution in [3.05, 3.63) is 53.3 Å². The molecule has 0 aliphatic carbocycles. The van der Waals surface area contributed by atoms with Gasteiger partial charge in [0.1, 0.15) is 11.5 Å². The maximum Gasteiger partial charge on any atom is 0.145 e. The lowest BCUT2D eigenvalue weighted by molar-refractivity contribution is 0.470. The zero-order valence-electron chi connectivity index (χ0n) is 12.4. The minimum Gasteiger partial charge on any atom is -0.455 e. The topological polar surface area (TPSA) is 34.1 Å². The van der Waals surface area contributed by atoms with Gasteiger partial charge in [0.2, 0.25) is 0 Å². The molecule has 0 saturated carbocycles. The van der Waals surface area contributed by atoms with Gasteiger partial charge in [0.15, 0.2) is 0 Å². The molecule has 0 aliphatic heterocycles. The van der Waals surface area contributed by atoms with Crippen molar-refractivity contribution in [2.75, 3.05) is 6.54 Å². The molecule has 20 heavy (non-hydrogen) atoms. The first-order chi connectivity index (χ1) is 9.69. The van der Waals surface area contributed by atoms with Crippen LogP contribution < -0.4 is 10.1 Å². The fraction of sp³-hybridized carbons (Fsp3) is 0.353. The van der Waals surface area contributed by atoms with Gasteiger partial charge in [-0.3, -0.25) is 4.98 Å². The van der Waals surface area contributed by atoms with E-state index in [1.807, 2.05) is 25.1 Å². The molecular formula is C17H22N2O. The number of aromatic nitrogens is 1. The molecule has 1 aromatic heterocycles. The lowest BCUT2D eigenvalue weighted by Gasteiger charge is -2.12. The van der Waals surface area contributed by atoms with Crippen LogP contribution in [0.25, 0.3) is 0 Å². The summed E-state index contributed by atoms with van der Waals surface area (Å²) < 4.78 is 5.95. The third-order valence-electron chi connectivity index (χ3n) is 3.07. The Morgan fingerprint density at radius 2 is 2.00 bits per heavy atom. The largest absolute Gasteiger partial charge is 0.455 e. The zero-order valence-corrected chi connectivity index (χ0v) is 12.4. The monoisotopic (exact) mass is 270 g/mol. The number of nitrogens with zero attached hydrogens (tertiary/aromatic N) is 1. The summed E-state index contributed by atoms with van der Waals surface area (Å²) in [6, 6.07) is 10.2. The molecule has 0 saturated heterocycles. The van der Waals surface area contributed by atoms with E-state index in [1.54, 1.807) is 6.20 Å². The Hall–Kier alpha value is -1.87. The summed E-state index contributed by atoms with van der Waals surface area (Å²) in [5.41, 5.74) is 3.41. The number of ether oxygens (including phenoxy) is 1. The van der Waals surface area contributed by atoms with E-state index in [4.69, 9.17) is 4.74 Å². The third-order valence-corrected chi connectivity index (χ3v) is 3.07. The van der Waals surface area contributed by atoms with E-state index < -0.39 is 0 Å². The Bertz CT molecular complexity index is 549. The van der Waals surface area contributed by atoms with Gasteiger partial charge in [-0.25, -0.2) is 0 Å². The van der Waals surface area contributed by atoms with Crippen LogP contribution in [0.4, 0.5) is 0 Å². The molecule has 3 nitrogen and oxygen atoms in total. The van der Waals surface area contributed by atoms with Gasteiger partial charge in [-0.1, -0.05) is 24.6 Å². The quantitative estimate of drug-likeness (QED) is 0.806. The highest BCUT2D eigenvalue weighted by Gasteiger charge is 2.05. The van der Waals surface area contributed by atoms with Crippen LogP contribution in [0.1, 0.15) is 30.2 Å². The minimum absolute atomic E-state index is 0.774. The number of nitrogens with one attached hydrogen (secondary N) is 1. The van der Waals surface area contributed by atoms with Crippen molar-refractivity contribution in [1.29, 1.82) is 0 Å². The molecule has 0 radical (unpaired) electrons. The molecular weight excluding hydrogens is 248 g/mol. The van der Waals surface area contributed by atoms with Crippen molar-refractivity contribution in [3.8, 4) is 11.5 Å². The number of benzene rings is 1. The van der Waals surface area contributed by atoms with Crippen LogP contribution >= 0.6 is 0 Å². The van der Waals surface area contributed by atoms with Crippen LogP contribution in [0.3, 0.4) is 0 Å². The average Bonchev–Trinajstić information content (AvgIpc) is 2.44. The first-order valence-electron chi connectivity index (χ1n) is 7.10. The summed E-state index contributed by atoms with van der Waals surface area (Å²) in [4.78, 5) is 4.26. The van der Waals surface area contributed by atoms with Gasteiger partial charge < -0.3 is 10.1 Å². The van der Waals surface area contributed by atoms with E-state index in [9.17, 15) is 0 Å². The van der Waals surface area contributed by atoms with Crippen molar-refractivity contribution in [3.63, 3.8) is 0 Å². The predicted octanol–water partition coefficient (Wildman–Crippen LogP) is 3.99. The molecule has 106 valence electrons. The second-order valence-electron chi connectivity index (χ2n) is 5.03. The smallest absolute Gasteiger partial charge is 0.145 e. The van der Waals surface area contributed by atoms with Crippen molar-refractivity contribution < 1.29 is 4.74 Å². The molecule has 2 aromatic rings. The first-order valence-corrected chi connectivity index (χ1v) is 7.10. The Morgan fingerprint density at radius 3 is 2.70 bits per heavy atom. The maximum absolute atomic E-state index is 5.95. The molecule has 3 heteroatoms. The molecule has 2 rings (SSSR count). The predicted molar refractivity (Wildman–Crippen MR) is 82.2 cm³/mol. The summed E-state index contributed by atoms with van der Waals surface area (Å²) in [5.74, 6) is 1.67. The van der Waals surface area contributed by atoms with Crippen LogP contribution in [-0.4, -0.2) is 11.5 Å². The van der Waals surface area contributed by atoms with Crippen LogP contribution in [0, 0.1) is 13.8 Å². The van der Waals surface area contributed by atoms with Gasteiger partial charge in [-0.2, -0.15) is 0 Å².